The third kappa shape index (κ3) is 5.61. The largest absolute Gasteiger partial charge is 0.387 e. The number of aliphatic hydroxyl groups excluding tert-OH is 1. The zero-order valence-corrected chi connectivity index (χ0v) is 26.2. The quantitative estimate of drug-likeness (QED) is 0.137. The van der Waals surface area contributed by atoms with Crippen molar-refractivity contribution >= 4 is 0 Å². The molecule has 242 valence electrons. The second kappa shape index (κ2) is 12.8. The fraction of sp³-hybridized carbons (Fsp3) is 0.268. The summed E-state index contributed by atoms with van der Waals surface area (Å²) in [5, 5.41) is 78.9. The molecule has 5 aromatic carbocycles. The average molecular weight is 631 g/mol. The number of aliphatic hydroxyl groups is 6. The number of hydrogen-bond donors (Lipinski definition) is 6. The molecule has 47 heavy (non-hydrogen) atoms. The molecule has 0 spiro atoms. The highest BCUT2D eigenvalue weighted by Gasteiger charge is 2.82. The molecule has 6 heteroatoms. The molecule has 6 rings (SSSR count). The monoisotopic (exact) mass is 630 g/mol. The highest BCUT2D eigenvalue weighted by atomic mass is 16.5. The van der Waals surface area contributed by atoms with E-state index in [-0.39, 0.29) is 32.1 Å². The van der Waals surface area contributed by atoms with Crippen molar-refractivity contribution in [3.63, 3.8) is 0 Å². The van der Waals surface area contributed by atoms with E-state index in [4.69, 9.17) is 0 Å². The SMILES string of the molecule is OC1[C@](O)(Cc2ccccc2)[C@@](O)(Cc2ccccc2)C(O)(Cc2ccccc2)[C@@](O)(Cc2ccccc2)[C@@]1(O)Cc1ccccc1. The first-order valence-electron chi connectivity index (χ1n) is 16.0. The second-order valence-corrected chi connectivity index (χ2v) is 13.1. The molecule has 6 atom stereocenters. The van der Waals surface area contributed by atoms with Crippen molar-refractivity contribution in [1.29, 1.82) is 0 Å². The Morgan fingerprint density at radius 1 is 0.319 bits per heavy atom. The molecule has 1 fully saturated rings. The van der Waals surface area contributed by atoms with Gasteiger partial charge in [0.2, 0.25) is 0 Å². The number of hydrogen-bond acceptors (Lipinski definition) is 6. The van der Waals surface area contributed by atoms with Crippen molar-refractivity contribution in [2.24, 2.45) is 0 Å². The van der Waals surface area contributed by atoms with Crippen LogP contribution in [0.25, 0.3) is 0 Å². The third-order valence-electron chi connectivity index (χ3n) is 10.2. The maximum atomic E-state index is 13.5. The summed E-state index contributed by atoms with van der Waals surface area (Å²) in [6.07, 6.45) is -3.80. The Morgan fingerprint density at radius 3 is 0.787 bits per heavy atom. The predicted octanol–water partition coefficient (Wildman–Crippen LogP) is 4.23. The lowest BCUT2D eigenvalue weighted by Gasteiger charge is -2.69. The summed E-state index contributed by atoms with van der Waals surface area (Å²) in [5.41, 5.74) is -10.2. The first kappa shape index (κ1) is 32.8. The van der Waals surface area contributed by atoms with Crippen molar-refractivity contribution < 1.29 is 30.6 Å². The minimum atomic E-state index is -2.64. The molecule has 2 unspecified atom stereocenters. The van der Waals surface area contributed by atoms with Crippen molar-refractivity contribution in [2.45, 2.75) is 66.2 Å². The molecule has 1 aliphatic rings. The van der Waals surface area contributed by atoms with Gasteiger partial charge in [-0.1, -0.05) is 152 Å². The van der Waals surface area contributed by atoms with Gasteiger partial charge in [0, 0.05) is 32.1 Å². The highest BCUT2D eigenvalue weighted by Crippen LogP contribution is 2.59. The molecule has 5 aromatic rings. The van der Waals surface area contributed by atoms with Crippen LogP contribution < -0.4 is 0 Å². The second-order valence-electron chi connectivity index (χ2n) is 13.1. The lowest BCUT2D eigenvalue weighted by Crippen LogP contribution is -2.93. The molecule has 1 saturated carbocycles. The maximum Gasteiger partial charge on any atom is 0.132 e. The van der Waals surface area contributed by atoms with Crippen LogP contribution in [0.4, 0.5) is 0 Å². The van der Waals surface area contributed by atoms with Crippen LogP contribution in [0.3, 0.4) is 0 Å². The molecule has 0 radical (unpaired) electrons. The normalized spacial score (nSPS) is 30.6. The van der Waals surface area contributed by atoms with Crippen molar-refractivity contribution in [3.8, 4) is 0 Å². The van der Waals surface area contributed by atoms with Gasteiger partial charge in [-0.05, 0) is 27.8 Å². The minimum absolute atomic E-state index is 0.325. The van der Waals surface area contributed by atoms with E-state index in [2.05, 4.69) is 0 Å². The van der Waals surface area contributed by atoms with E-state index >= 15 is 0 Å². The predicted molar refractivity (Wildman–Crippen MR) is 181 cm³/mol. The zero-order chi connectivity index (χ0) is 33.2. The molecule has 0 amide bonds. The first-order valence-corrected chi connectivity index (χ1v) is 16.0. The molecular formula is C41H42O6. The van der Waals surface area contributed by atoms with Crippen LogP contribution in [-0.2, 0) is 32.1 Å². The summed E-state index contributed by atoms with van der Waals surface area (Å²) < 4.78 is 0. The van der Waals surface area contributed by atoms with Gasteiger partial charge in [0.15, 0.2) is 0 Å². The topological polar surface area (TPSA) is 121 Å². The summed E-state index contributed by atoms with van der Waals surface area (Å²) >= 11 is 0. The van der Waals surface area contributed by atoms with Crippen molar-refractivity contribution in [1.82, 2.24) is 0 Å². The van der Waals surface area contributed by atoms with E-state index in [1.807, 2.05) is 30.3 Å². The molecule has 0 bridgehead atoms. The molecule has 0 aliphatic heterocycles. The summed E-state index contributed by atoms with van der Waals surface area (Å²) in [7, 11) is 0. The van der Waals surface area contributed by atoms with Crippen LogP contribution in [-0.4, -0.2) is 64.7 Å². The van der Waals surface area contributed by atoms with Gasteiger partial charge in [0.05, 0.1) is 0 Å². The molecule has 6 N–H and O–H groups in total. The zero-order valence-electron chi connectivity index (χ0n) is 26.2. The Morgan fingerprint density at radius 2 is 0.532 bits per heavy atom. The van der Waals surface area contributed by atoms with Gasteiger partial charge in [-0.2, -0.15) is 0 Å². The lowest BCUT2D eigenvalue weighted by atomic mass is 9.44. The third-order valence-corrected chi connectivity index (χ3v) is 10.2. The van der Waals surface area contributed by atoms with E-state index in [9.17, 15) is 30.6 Å². The maximum absolute atomic E-state index is 13.5. The standard InChI is InChI=1S/C41H42O6/c42-36-37(43,26-31-16-6-1-7-17-31)39(45,28-33-20-10-3-11-21-33)41(47,30-35-24-14-5-15-25-35)40(46,29-34-22-12-4-13-23-34)38(36,44)27-32-18-8-2-9-19-32/h1-25,36,42-47H,26-30H2/t36?,37-,38-,39-,40+,41?/m1/s1. The highest BCUT2D eigenvalue weighted by molar-refractivity contribution is 5.42. The van der Waals surface area contributed by atoms with Gasteiger partial charge in [-0.25, -0.2) is 0 Å². The van der Waals surface area contributed by atoms with Crippen LogP contribution in [0.15, 0.2) is 152 Å². The van der Waals surface area contributed by atoms with Gasteiger partial charge < -0.3 is 30.6 Å². The van der Waals surface area contributed by atoms with Crippen LogP contribution >= 0.6 is 0 Å². The van der Waals surface area contributed by atoms with Gasteiger partial charge in [-0.3, -0.25) is 0 Å². The first-order chi connectivity index (χ1) is 22.5. The smallest absolute Gasteiger partial charge is 0.132 e. The van der Waals surface area contributed by atoms with E-state index < -0.39 is 34.1 Å². The van der Waals surface area contributed by atoms with E-state index in [0.29, 0.717) is 27.8 Å². The summed E-state index contributed by atoms with van der Waals surface area (Å²) in [4.78, 5) is 0. The molecule has 0 saturated heterocycles. The average Bonchev–Trinajstić information content (AvgIpc) is 3.09. The van der Waals surface area contributed by atoms with E-state index in [1.54, 1.807) is 121 Å². The van der Waals surface area contributed by atoms with Crippen LogP contribution in [0.2, 0.25) is 0 Å². The number of rotatable bonds is 10. The molecule has 0 aromatic heterocycles. The van der Waals surface area contributed by atoms with Gasteiger partial charge in [0.1, 0.15) is 34.1 Å². The van der Waals surface area contributed by atoms with E-state index in [0.717, 1.165) is 0 Å². The minimum Gasteiger partial charge on any atom is -0.387 e. The Balaban J connectivity index is 1.67. The summed E-state index contributed by atoms with van der Waals surface area (Å²) in [6, 6.07) is 44.5. The van der Waals surface area contributed by atoms with Crippen molar-refractivity contribution in [2.75, 3.05) is 0 Å². The summed E-state index contributed by atoms with van der Waals surface area (Å²) in [5.74, 6) is 0. The fourth-order valence-corrected chi connectivity index (χ4v) is 7.77. The number of benzene rings is 5. The Hall–Kier alpha value is -4.14. The fourth-order valence-electron chi connectivity index (χ4n) is 7.77. The molecule has 1 aliphatic carbocycles. The molecule has 0 heterocycles. The Labute approximate surface area is 275 Å². The molecule has 6 nitrogen and oxygen atoms in total. The van der Waals surface area contributed by atoms with Gasteiger partial charge >= 0.3 is 0 Å². The van der Waals surface area contributed by atoms with Gasteiger partial charge in [-0.15, -0.1) is 0 Å². The lowest BCUT2D eigenvalue weighted by molar-refractivity contribution is -0.408. The van der Waals surface area contributed by atoms with Crippen LogP contribution in [0, 0.1) is 0 Å². The van der Waals surface area contributed by atoms with Crippen molar-refractivity contribution in [3.05, 3.63) is 179 Å². The van der Waals surface area contributed by atoms with Gasteiger partial charge in [0.25, 0.3) is 0 Å². The Kier molecular flexibility index (Phi) is 8.94. The Bertz CT molecular complexity index is 1630. The van der Waals surface area contributed by atoms with E-state index in [1.165, 1.54) is 0 Å². The molecular weight excluding hydrogens is 588 g/mol. The van der Waals surface area contributed by atoms with Crippen LogP contribution in [0.5, 0.6) is 0 Å². The summed E-state index contributed by atoms with van der Waals surface area (Å²) in [6.45, 7) is 0. The van der Waals surface area contributed by atoms with Crippen LogP contribution in [0.1, 0.15) is 27.8 Å².